The van der Waals surface area contributed by atoms with E-state index in [2.05, 4.69) is 37.3 Å². The zero-order chi connectivity index (χ0) is 25.9. The van der Waals surface area contributed by atoms with Crippen molar-refractivity contribution in [1.29, 1.82) is 0 Å². The summed E-state index contributed by atoms with van der Waals surface area (Å²) >= 11 is 6.86. The molecule has 0 atom stereocenters. The van der Waals surface area contributed by atoms with E-state index in [-0.39, 0.29) is 5.91 Å². The fraction of sp³-hybridized carbons (Fsp3) is 0.161. The summed E-state index contributed by atoms with van der Waals surface area (Å²) in [4.78, 5) is 15.4. The molecule has 0 N–H and O–H groups in total. The van der Waals surface area contributed by atoms with Gasteiger partial charge in [0.25, 0.3) is 5.91 Å². The molecular formula is C31H27NO3S2. The van der Waals surface area contributed by atoms with Gasteiger partial charge < -0.3 is 9.47 Å². The molecule has 0 spiro atoms. The Morgan fingerprint density at radius 2 is 1.68 bits per heavy atom. The molecule has 1 heterocycles. The van der Waals surface area contributed by atoms with Crippen molar-refractivity contribution in [3.8, 4) is 11.5 Å². The Hall–Kier alpha value is -3.61. The summed E-state index contributed by atoms with van der Waals surface area (Å²) in [6.45, 7) is 6.96. The van der Waals surface area contributed by atoms with Gasteiger partial charge in [-0.2, -0.15) is 0 Å². The second kappa shape index (κ2) is 10.8. The number of thiocarbonyl (C=S) groups is 1. The van der Waals surface area contributed by atoms with Crippen molar-refractivity contribution in [2.24, 2.45) is 0 Å². The molecule has 186 valence electrons. The molecule has 1 aliphatic rings. The maximum Gasteiger partial charge on any atom is 0.270 e. The average Bonchev–Trinajstić information content (AvgIpc) is 3.17. The van der Waals surface area contributed by atoms with Crippen molar-refractivity contribution < 1.29 is 14.3 Å². The molecule has 37 heavy (non-hydrogen) atoms. The lowest BCUT2D eigenvalue weighted by molar-refractivity contribution is -0.113. The number of nitrogens with zero attached hydrogens (tertiary/aromatic N) is 1. The van der Waals surface area contributed by atoms with E-state index in [1.165, 1.54) is 28.1 Å². The van der Waals surface area contributed by atoms with Crippen LogP contribution in [0.25, 0.3) is 16.8 Å². The normalized spacial score (nSPS) is 14.6. The Morgan fingerprint density at radius 3 is 2.46 bits per heavy atom. The predicted octanol–water partition coefficient (Wildman–Crippen LogP) is 7.84. The highest BCUT2D eigenvalue weighted by molar-refractivity contribution is 8.27. The van der Waals surface area contributed by atoms with Gasteiger partial charge in [-0.1, -0.05) is 72.5 Å². The minimum absolute atomic E-state index is 0.118. The molecule has 1 amide bonds. The largest absolute Gasteiger partial charge is 0.490 e. The average molecular weight is 526 g/mol. The number of hydrogen-bond donors (Lipinski definition) is 0. The maximum absolute atomic E-state index is 13.2. The number of rotatable bonds is 7. The first-order valence-corrected chi connectivity index (χ1v) is 13.4. The summed E-state index contributed by atoms with van der Waals surface area (Å²) in [5, 5.41) is 2.38. The lowest BCUT2D eigenvalue weighted by atomic mass is 10.1. The highest BCUT2D eigenvalue weighted by atomic mass is 32.2. The molecule has 0 bridgehead atoms. The van der Waals surface area contributed by atoms with Crippen molar-refractivity contribution >= 4 is 56.7 Å². The van der Waals surface area contributed by atoms with Crippen LogP contribution in [-0.4, -0.2) is 16.8 Å². The van der Waals surface area contributed by atoms with Crippen LogP contribution >= 0.6 is 24.0 Å². The van der Waals surface area contributed by atoms with Crippen molar-refractivity contribution in [3.05, 3.63) is 106 Å². The quantitative estimate of drug-likeness (QED) is 0.182. The summed E-state index contributed by atoms with van der Waals surface area (Å²) in [6.07, 6.45) is 1.86. The number of amides is 1. The van der Waals surface area contributed by atoms with Crippen molar-refractivity contribution in [2.75, 3.05) is 11.5 Å². The second-order valence-electron chi connectivity index (χ2n) is 8.90. The number of ether oxygens (including phenoxy) is 2. The van der Waals surface area contributed by atoms with E-state index >= 15 is 0 Å². The third kappa shape index (κ3) is 5.41. The standard InChI is InChI=1S/C31H27NO3S2/c1-4-34-28-17-22(11-14-27(28)35-19-23-10-12-24-7-5-6-8-25(24)16-23)18-29-30(33)32(31(36)37-29)26-13-9-20(2)21(3)15-26/h5-18H,4,19H2,1-3H3. The van der Waals surface area contributed by atoms with Gasteiger partial charge in [-0.3, -0.25) is 9.69 Å². The Kier molecular flexibility index (Phi) is 7.31. The molecule has 0 saturated carbocycles. The molecule has 4 aromatic rings. The van der Waals surface area contributed by atoms with Gasteiger partial charge in [0.15, 0.2) is 15.8 Å². The third-order valence-electron chi connectivity index (χ3n) is 6.32. The minimum Gasteiger partial charge on any atom is -0.490 e. The van der Waals surface area contributed by atoms with E-state index in [4.69, 9.17) is 21.7 Å². The van der Waals surface area contributed by atoms with Crippen LogP contribution < -0.4 is 14.4 Å². The van der Waals surface area contributed by atoms with Crippen LogP contribution in [0, 0.1) is 13.8 Å². The monoisotopic (exact) mass is 525 g/mol. The van der Waals surface area contributed by atoms with Gasteiger partial charge in [0.1, 0.15) is 6.61 Å². The number of benzene rings is 4. The van der Waals surface area contributed by atoms with Crippen LogP contribution in [0.3, 0.4) is 0 Å². The molecule has 0 aliphatic carbocycles. The number of fused-ring (bicyclic) bond motifs is 1. The lowest BCUT2D eigenvalue weighted by Gasteiger charge is -2.16. The molecule has 4 aromatic carbocycles. The van der Waals surface area contributed by atoms with Crippen molar-refractivity contribution in [1.82, 2.24) is 0 Å². The lowest BCUT2D eigenvalue weighted by Crippen LogP contribution is -2.27. The number of thioether (sulfide) groups is 1. The van der Waals surface area contributed by atoms with Gasteiger partial charge >= 0.3 is 0 Å². The van der Waals surface area contributed by atoms with Crippen LogP contribution in [0.4, 0.5) is 5.69 Å². The zero-order valence-corrected chi connectivity index (χ0v) is 22.6. The number of carbonyl (C=O) groups excluding carboxylic acids is 1. The van der Waals surface area contributed by atoms with Crippen LogP contribution in [-0.2, 0) is 11.4 Å². The Morgan fingerprint density at radius 1 is 0.865 bits per heavy atom. The summed E-state index contributed by atoms with van der Waals surface area (Å²) in [6, 6.07) is 26.3. The van der Waals surface area contributed by atoms with Crippen molar-refractivity contribution in [2.45, 2.75) is 27.4 Å². The summed E-state index contributed by atoms with van der Waals surface area (Å²) in [7, 11) is 0. The molecule has 4 nitrogen and oxygen atoms in total. The van der Waals surface area contributed by atoms with Crippen LogP contribution in [0.15, 0.2) is 83.8 Å². The fourth-order valence-electron chi connectivity index (χ4n) is 4.20. The van der Waals surface area contributed by atoms with E-state index < -0.39 is 0 Å². The SMILES string of the molecule is CCOc1cc(C=C2SC(=S)N(c3ccc(C)c(C)c3)C2=O)ccc1OCc1ccc2ccccc2c1. The molecule has 5 rings (SSSR count). The van der Waals surface area contributed by atoms with Gasteiger partial charge in [-0.15, -0.1) is 0 Å². The molecule has 0 unspecified atom stereocenters. The van der Waals surface area contributed by atoms with E-state index in [9.17, 15) is 4.79 Å². The van der Waals surface area contributed by atoms with Crippen LogP contribution in [0.2, 0.25) is 0 Å². The zero-order valence-electron chi connectivity index (χ0n) is 21.0. The summed E-state index contributed by atoms with van der Waals surface area (Å²) in [5.74, 6) is 1.18. The van der Waals surface area contributed by atoms with Crippen molar-refractivity contribution in [3.63, 3.8) is 0 Å². The molecule has 0 aromatic heterocycles. The Labute approximate surface area is 226 Å². The van der Waals surface area contributed by atoms with Gasteiger partial charge in [-0.05, 0) is 90.2 Å². The van der Waals surface area contributed by atoms with Gasteiger partial charge in [0, 0.05) is 0 Å². The summed E-state index contributed by atoms with van der Waals surface area (Å²) in [5.41, 5.74) is 5.02. The molecule has 1 saturated heterocycles. The topological polar surface area (TPSA) is 38.8 Å². The Bertz CT molecular complexity index is 1540. The van der Waals surface area contributed by atoms with E-state index in [1.54, 1.807) is 4.90 Å². The van der Waals surface area contributed by atoms with Crippen LogP contribution in [0.1, 0.15) is 29.2 Å². The minimum atomic E-state index is -0.118. The first-order valence-electron chi connectivity index (χ1n) is 12.2. The predicted molar refractivity (Wildman–Crippen MR) is 157 cm³/mol. The highest BCUT2D eigenvalue weighted by Crippen LogP contribution is 2.38. The summed E-state index contributed by atoms with van der Waals surface area (Å²) < 4.78 is 12.5. The number of carbonyl (C=O) groups is 1. The molecule has 0 radical (unpaired) electrons. The van der Waals surface area contributed by atoms with E-state index in [0.717, 1.165) is 22.4 Å². The molecule has 1 aliphatic heterocycles. The van der Waals surface area contributed by atoms with Gasteiger partial charge in [-0.25, -0.2) is 0 Å². The second-order valence-corrected chi connectivity index (χ2v) is 10.6. The first kappa shape index (κ1) is 25.1. The highest BCUT2D eigenvalue weighted by Gasteiger charge is 2.33. The van der Waals surface area contributed by atoms with E-state index in [1.807, 2.05) is 68.5 Å². The van der Waals surface area contributed by atoms with E-state index in [0.29, 0.717) is 33.9 Å². The maximum atomic E-state index is 13.2. The van der Waals surface area contributed by atoms with Gasteiger partial charge in [0.05, 0.1) is 17.2 Å². The first-order chi connectivity index (χ1) is 17.9. The smallest absolute Gasteiger partial charge is 0.270 e. The van der Waals surface area contributed by atoms with Crippen LogP contribution in [0.5, 0.6) is 11.5 Å². The fourth-order valence-corrected chi connectivity index (χ4v) is 5.50. The van der Waals surface area contributed by atoms with Gasteiger partial charge in [0.2, 0.25) is 0 Å². The molecule has 6 heteroatoms. The third-order valence-corrected chi connectivity index (χ3v) is 7.62. The number of aryl methyl sites for hydroxylation is 2. The molecule has 1 fully saturated rings. The Balaban J connectivity index is 1.36. The number of anilines is 1. The number of hydrogen-bond acceptors (Lipinski definition) is 5. The molecular weight excluding hydrogens is 498 g/mol.